The minimum atomic E-state index is -4.57. The van der Waals surface area contributed by atoms with Crippen molar-refractivity contribution in [1.82, 2.24) is 14.1 Å². The molecule has 0 spiro atoms. The van der Waals surface area contributed by atoms with Gasteiger partial charge in [-0.1, -0.05) is 41.5 Å². The molecule has 1 aromatic rings. The van der Waals surface area contributed by atoms with Gasteiger partial charge in [-0.15, -0.1) is 0 Å². The third-order valence-electron chi connectivity index (χ3n) is 8.56. The van der Waals surface area contributed by atoms with E-state index in [4.69, 9.17) is 0 Å². The first kappa shape index (κ1) is 34.2. The Labute approximate surface area is 248 Å². The van der Waals surface area contributed by atoms with E-state index >= 15 is 0 Å². The molecule has 12 heteroatoms. The molecule has 2 aliphatic rings. The molecule has 42 heavy (non-hydrogen) atoms. The predicted octanol–water partition coefficient (Wildman–Crippen LogP) is 6.17. The summed E-state index contributed by atoms with van der Waals surface area (Å²) >= 11 is 0. The Bertz CT molecular complexity index is 1230. The number of carbonyl (C=O) groups excluding carboxylic acids is 1. The quantitative estimate of drug-likeness (QED) is 0.339. The lowest BCUT2D eigenvalue weighted by Crippen LogP contribution is -2.55. The molecular formula is C30H46F3N3O5S. The molecule has 1 saturated heterocycles. The predicted molar refractivity (Wildman–Crippen MR) is 154 cm³/mol. The van der Waals surface area contributed by atoms with Crippen LogP contribution in [0.5, 0.6) is 0 Å². The zero-order valence-electron chi connectivity index (χ0n) is 25.7. The van der Waals surface area contributed by atoms with E-state index in [0.717, 1.165) is 35.6 Å². The van der Waals surface area contributed by atoms with Crippen LogP contribution in [0.25, 0.3) is 0 Å². The summed E-state index contributed by atoms with van der Waals surface area (Å²) in [5.74, 6) is -0.416. The lowest BCUT2D eigenvalue weighted by Gasteiger charge is -2.41. The molecule has 1 aliphatic heterocycles. The summed E-state index contributed by atoms with van der Waals surface area (Å²) in [5.41, 5.74) is -1.26. The highest BCUT2D eigenvalue weighted by atomic mass is 32.2. The normalized spacial score (nSPS) is 22.6. The van der Waals surface area contributed by atoms with Gasteiger partial charge in [0, 0.05) is 32.7 Å². The maximum atomic E-state index is 14.2. The van der Waals surface area contributed by atoms with Crippen LogP contribution in [0.15, 0.2) is 29.2 Å². The van der Waals surface area contributed by atoms with E-state index in [1.165, 1.54) is 11.4 Å². The Hall–Kier alpha value is -2.34. The molecule has 1 N–H and O–H groups in total. The molecule has 2 amide bonds. The number of likely N-dealkylation sites (N-methyl/N-ethyl adjacent to an activating group) is 1. The molecule has 0 bridgehead atoms. The molecule has 4 atom stereocenters. The van der Waals surface area contributed by atoms with Crippen molar-refractivity contribution in [3.63, 3.8) is 0 Å². The second kappa shape index (κ2) is 12.3. The van der Waals surface area contributed by atoms with E-state index in [1.807, 2.05) is 20.8 Å². The highest BCUT2D eigenvalue weighted by molar-refractivity contribution is 7.89. The molecule has 238 valence electrons. The number of carbonyl (C=O) groups is 2. The van der Waals surface area contributed by atoms with Crippen molar-refractivity contribution in [2.24, 2.45) is 22.7 Å². The third kappa shape index (κ3) is 7.78. The second-order valence-corrected chi connectivity index (χ2v) is 15.9. The standard InChI is InChI=1S/C30H46F3N3O5S/c1-8-15-36(26(37)25(34(7)27(38)39)16-29(5,6)19-28(2,3)4)24-14-9-20-17-35(18-23(20)24)42(40,41)22-12-10-21(11-13-22)30(31,32)33/h10-13,20,23-25H,8-9,14-19H2,1-7H3,(H,38,39)/t20-,23+,24+,25+/m1/s1. The highest BCUT2D eigenvalue weighted by Gasteiger charge is 2.50. The number of nitrogens with zero attached hydrogens (tertiary/aromatic N) is 3. The van der Waals surface area contributed by atoms with E-state index in [-0.39, 0.29) is 52.6 Å². The lowest BCUT2D eigenvalue weighted by molar-refractivity contribution is -0.140. The van der Waals surface area contributed by atoms with Gasteiger partial charge in [0.25, 0.3) is 0 Å². The smallest absolute Gasteiger partial charge is 0.416 e. The largest absolute Gasteiger partial charge is 0.465 e. The van der Waals surface area contributed by atoms with Crippen LogP contribution in [0.4, 0.5) is 18.0 Å². The van der Waals surface area contributed by atoms with E-state index < -0.39 is 33.9 Å². The van der Waals surface area contributed by atoms with E-state index in [0.29, 0.717) is 32.2 Å². The van der Waals surface area contributed by atoms with Crippen molar-refractivity contribution < 1.29 is 36.3 Å². The van der Waals surface area contributed by atoms with Crippen molar-refractivity contribution in [3.8, 4) is 0 Å². The Morgan fingerprint density at radius 2 is 1.64 bits per heavy atom. The second-order valence-electron chi connectivity index (χ2n) is 14.0. The number of hydrogen-bond acceptors (Lipinski definition) is 4. The molecule has 0 aromatic heterocycles. The van der Waals surface area contributed by atoms with Gasteiger partial charge in [-0.2, -0.15) is 17.5 Å². The van der Waals surface area contributed by atoms with Crippen LogP contribution in [-0.4, -0.2) is 78.4 Å². The average Bonchev–Trinajstić information content (AvgIpc) is 3.45. The van der Waals surface area contributed by atoms with Crippen molar-refractivity contribution in [1.29, 1.82) is 0 Å². The summed E-state index contributed by atoms with van der Waals surface area (Å²) in [7, 11) is -2.61. The van der Waals surface area contributed by atoms with Gasteiger partial charge < -0.3 is 10.0 Å². The van der Waals surface area contributed by atoms with Gasteiger partial charge in [-0.3, -0.25) is 9.69 Å². The number of hydrogen-bond donors (Lipinski definition) is 1. The van der Waals surface area contributed by atoms with Gasteiger partial charge >= 0.3 is 12.3 Å². The van der Waals surface area contributed by atoms with E-state index in [2.05, 4.69) is 20.8 Å². The summed E-state index contributed by atoms with van der Waals surface area (Å²) in [6, 6.07) is 2.37. The van der Waals surface area contributed by atoms with Crippen LogP contribution in [0.2, 0.25) is 0 Å². The number of benzene rings is 1. The number of halogens is 3. The van der Waals surface area contributed by atoms with Gasteiger partial charge in [0.2, 0.25) is 15.9 Å². The summed E-state index contributed by atoms with van der Waals surface area (Å²) < 4.78 is 67.1. The molecule has 3 rings (SSSR count). The first-order valence-electron chi connectivity index (χ1n) is 14.6. The fourth-order valence-corrected chi connectivity index (χ4v) is 8.70. The van der Waals surface area contributed by atoms with E-state index in [1.54, 1.807) is 4.90 Å². The zero-order valence-corrected chi connectivity index (χ0v) is 26.6. The van der Waals surface area contributed by atoms with E-state index in [9.17, 15) is 36.3 Å². The van der Waals surface area contributed by atoms with Crippen molar-refractivity contribution in [2.75, 3.05) is 26.7 Å². The summed E-state index contributed by atoms with van der Waals surface area (Å²) in [5, 5.41) is 9.87. The Balaban J connectivity index is 1.85. The third-order valence-corrected chi connectivity index (χ3v) is 10.4. The van der Waals surface area contributed by atoms with Crippen LogP contribution >= 0.6 is 0 Å². The highest BCUT2D eigenvalue weighted by Crippen LogP contribution is 2.44. The van der Waals surface area contributed by atoms with Crippen LogP contribution in [-0.2, 0) is 21.0 Å². The fourth-order valence-electron chi connectivity index (χ4n) is 7.17. The number of rotatable bonds is 10. The number of fused-ring (bicyclic) bond motifs is 1. The number of amides is 2. The molecule has 1 saturated carbocycles. The monoisotopic (exact) mass is 617 g/mol. The number of carboxylic acid groups (broad SMARTS) is 1. The molecule has 1 aliphatic carbocycles. The maximum absolute atomic E-state index is 14.2. The van der Waals surface area contributed by atoms with Gasteiger partial charge in [0.05, 0.1) is 10.5 Å². The lowest BCUT2D eigenvalue weighted by atomic mass is 9.72. The van der Waals surface area contributed by atoms with Gasteiger partial charge in [-0.25, -0.2) is 13.2 Å². The summed E-state index contributed by atoms with van der Waals surface area (Å²) in [6.45, 7) is 13.2. The Morgan fingerprint density at radius 3 is 2.14 bits per heavy atom. The van der Waals surface area contributed by atoms with Gasteiger partial charge in [0.1, 0.15) is 6.04 Å². The molecule has 1 aromatic carbocycles. The zero-order chi connectivity index (χ0) is 31.8. The minimum Gasteiger partial charge on any atom is -0.465 e. The minimum absolute atomic E-state index is 0.000589. The number of sulfonamides is 1. The summed E-state index contributed by atoms with van der Waals surface area (Å²) in [6.07, 6.45) is -2.57. The van der Waals surface area contributed by atoms with Crippen LogP contribution < -0.4 is 0 Å². The Kier molecular flexibility index (Phi) is 10.0. The van der Waals surface area contributed by atoms with Crippen LogP contribution in [0, 0.1) is 22.7 Å². The maximum Gasteiger partial charge on any atom is 0.416 e. The fraction of sp³-hybridized carbons (Fsp3) is 0.733. The number of alkyl halides is 3. The SMILES string of the molecule is CCCN(C(=O)[C@H](CC(C)(C)CC(C)(C)C)N(C)C(=O)O)[C@H]1CC[C@@H]2CN(S(=O)(=O)c3ccc(C(F)(F)F)cc3)C[C@@H]21. The van der Waals surface area contributed by atoms with Crippen molar-refractivity contribution in [2.45, 2.75) is 96.8 Å². The first-order valence-corrected chi connectivity index (χ1v) is 16.1. The van der Waals surface area contributed by atoms with Crippen molar-refractivity contribution >= 4 is 22.0 Å². The average molecular weight is 618 g/mol. The topological polar surface area (TPSA) is 98.2 Å². The molecule has 0 radical (unpaired) electrons. The molecular weight excluding hydrogens is 571 g/mol. The van der Waals surface area contributed by atoms with Crippen molar-refractivity contribution in [3.05, 3.63) is 29.8 Å². The van der Waals surface area contributed by atoms with Crippen LogP contribution in [0.3, 0.4) is 0 Å². The first-order chi connectivity index (χ1) is 19.2. The molecule has 2 fully saturated rings. The van der Waals surface area contributed by atoms with Gasteiger partial charge in [0.15, 0.2) is 0 Å². The molecule has 8 nitrogen and oxygen atoms in total. The summed E-state index contributed by atoms with van der Waals surface area (Å²) in [4.78, 5) is 29.0. The van der Waals surface area contributed by atoms with Crippen LogP contribution in [0.1, 0.15) is 79.2 Å². The molecule has 0 unspecified atom stereocenters. The Morgan fingerprint density at radius 1 is 1.05 bits per heavy atom. The molecule has 1 heterocycles. The van der Waals surface area contributed by atoms with Gasteiger partial charge in [-0.05, 0) is 79.0 Å².